The molecule has 0 spiro atoms. The summed E-state index contributed by atoms with van der Waals surface area (Å²) in [6.45, 7) is 0. The number of pyridine rings is 1. The van der Waals surface area contributed by atoms with Crippen molar-refractivity contribution in [1.29, 1.82) is 0 Å². The SMILES string of the molecule is CN(C)c1cc[n+](-c2nc(C(Cl)(Cl)Cl)nc3ccccc23)cc1. The predicted molar refractivity (Wildman–Crippen MR) is 94.6 cm³/mol. The summed E-state index contributed by atoms with van der Waals surface area (Å²) >= 11 is 17.9. The maximum absolute atomic E-state index is 5.98. The number of hydrogen-bond acceptors (Lipinski definition) is 3. The van der Waals surface area contributed by atoms with Gasteiger partial charge in [-0.25, -0.2) is 9.55 Å². The first-order chi connectivity index (χ1) is 10.9. The molecule has 4 nitrogen and oxygen atoms in total. The number of benzene rings is 1. The zero-order valence-electron chi connectivity index (χ0n) is 12.5. The quantitative estimate of drug-likeness (QED) is 0.509. The first-order valence-corrected chi connectivity index (χ1v) is 8.02. The lowest BCUT2D eigenvalue weighted by atomic mass is 10.2. The van der Waals surface area contributed by atoms with Crippen LogP contribution in [0, 0.1) is 0 Å². The molecule has 0 unspecified atom stereocenters. The van der Waals surface area contributed by atoms with Crippen LogP contribution in [-0.2, 0) is 3.79 Å². The lowest BCUT2D eigenvalue weighted by molar-refractivity contribution is -0.598. The second-order valence-electron chi connectivity index (χ2n) is 5.24. The molecule has 0 aliphatic rings. The van der Waals surface area contributed by atoms with Gasteiger partial charge in [-0.3, -0.25) is 0 Å². The smallest absolute Gasteiger partial charge is 0.339 e. The molecule has 1 aromatic carbocycles. The number of alkyl halides is 3. The highest BCUT2D eigenvalue weighted by Gasteiger charge is 2.34. The Morgan fingerprint density at radius 1 is 0.957 bits per heavy atom. The van der Waals surface area contributed by atoms with Crippen molar-refractivity contribution in [3.8, 4) is 5.82 Å². The molecule has 0 aliphatic carbocycles. The molecule has 0 atom stereocenters. The van der Waals surface area contributed by atoms with Gasteiger partial charge < -0.3 is 4.90 Å². The van der Waals surface area contributed by atoms with Crippen molar-refractivity contribution >= 4 is 51.4 Å². The Morgan fingerprint density at radius 2 is 1.61 bits per heavy atom. The largest absolute Gasteiger partial charge is 0.377 e. The molecule has 0 aliphatic heterocycles. The number of anilines is 1. The summed E-state index contributed by atoms with van der Waals surface area (Å²) in [6, 6.07) is 11.6. The van der Waals surface area contributed by atoms with Crippen molar-refractivity contribution in [1.82, 2.24) is 9.97 Å². The van der Waals surface area contributed by atoms with E-state index >= 15 is 0 Å². The van der Waals surface area contributed by atoms with Crippen molar-refractivity contribution in [2.45, 2.75) is 3.79 Å². The standard InChI is InChI=1S/C16H14Cl3N4/c1-22(2)11-7-9-23(10-8-11)14-12-5-3-4-6-13(12)20-15(21-14)16(17,18)19/h3-10H,1-2H3/q+1. The minimum Gasteiger partial charge on any atom is -0.377 e. The van der Waals surface area contributed by atoms with Gasteiger partial charge in [-0.1, -0.05) is 46.9 Å². The summed E-state index contributed by atoms with van der Waals surface area (Å²) in [6.07, 6.45) is 3.85. The van der Waals surface area contributed by atoms with E-state index in [1.54, 1.807) is 0 Å². The fourth-order valence-electron chi connectivity index (χ4n) is 2.24. The van der Waals surface area contributed by atoms with Crippen molar-refractivity contribution < 1.29 is 4.57 Å². The summed E-state index contributed by atoms with van der Waals surface area (Å²) < 4.78 is 0.208. The fraction of sp³-hybridized carbons (Fsp3) is 0.188. The molecular weight excluding hydrogens is 355 g/mol. The van der Waals surface area contributed by atoms with Crippen LogP contribution in [0.3, 0.4) is 0 Å². The average molecular weight is 369 g/mol. The Morgan fingerprint density at radius 3 is 2.22 bits per heavy atom. The Kier molecular flexibility index (Phi) is 4.32. The number of halogens is 3. The molecule has 0 N–H and O–H groups in total. The summed E-state index contributed by atoms with van der Waals surface area (Å²) in [5, 5.41) is 0.883. The minimum absolute atomic E-state index is 0.153. The maximum atomic E-state index is 5.98. The Labute approximate surface area is 149 Å². The van der Waals surface area contributed by atoms with Crippen LogP contribution in [0.25, 0.3) is 16.7 Å². The fourth-order valence-corrected chi connectivity index (χ4v) is 2.49. The second-order valence-corrected chi connectivity index (χ2v) is 7.52. The van der Waals surface area contributed by atoms with Gasteiger partial charge in [0.1, 0.15) is 0 Å². The lowest BCUT2D eigenvalue weighted by Gasteiger charge is -2.12. The maximum Gasteiger partial charge on any atom is 0.339 e. The third kappa shape index (κ3) is 3.34. The van der Waals surface area contributed by atoms with Crippen LogP contribution >= 0.6 is 34.8 Å². The molecule has 118 valence electrons. The number of hydrogen-bond donors (Lipinski definition) is 0. The summed E-state index contributed by atoms with van der Waals surface area (Å²) in [7, 11) is 3.97. The van der Waals surface area contributed by atoms with Gasteiger partial charge in [0.05, 0.1) is 23.3 Å². The highest BCUT2D eigenvalue weighted by molar-refractivity contribution is 6.66. The van der Waals surface area contributed by atoms with E-state index < -0.39 is 3.79 Å². The second kappa shape index (κ2) is 6.11. The van der Waals surface area contributed by atoms with E-state index in [1.807, 2.05) is 72.4 Å². The van der Waals surface area contributed by atoms with Crippen LogP contribution in [0.15, 0.2) is 48.8 Å². The third-order valence-corrected chi connectivity index (χ3v) is 3.92. The van der Waals surface area contributed by atoms with Gasteiger partial charge in [0.2, 0.25) is 0 Å². The predicted octanol–water partition coefficient (Wildman–Crippen LogP) is 3.80. The molecule has 7 heteroatoms. The first kappa shape index (κ1) is 16.2. The first-order valence-electron chi connectivity index (χ1n) is 6.89. The van der Waals surface area contributed by atoms with Gasteiger partial charge in [-0.15, -0.1) is 0 Å². The monoisotopic (exact) mass is 367 g/mol. The Bertz CT molecular complexity index is 842. The Balaban J connectivity index is 2.22. The molecule has 2 aromatic heterocycles. The van der Waals surface area contributed by atoms with Crippen LogP contribution in [0.2, 0.25) is 0 Å². The zero-order valence-corrected chi connectivity index (χ0v) is 14.8. The minimum atomic E-state index is -1.68. The average Bonchev–Trinajstić information content (AvgIpc) is 2.53. The highest BCUT2D eigenvalue weighted by Crippen LogP contribution is 2.36. The molecule has 3 rings (SSSR count). The molecular formula is C16H14Cl3N4+. The molecule has 2 heterocycles. The summed E-state index contributed by atoms with van der Waals surface area (Å²) in [5.41, 5.74) is 1.81. The van der Waals surface area contributed by atoms with E-state index in [4.69, 9.17) is 34.8 Å². The van der Waals surface area contributed by atoms with Crippen LogP contribution in [0.1, 0.15) is 5.82 Å². The molecule has 0 radical (unpaired) electrons. The van der Waals surface area contributed by atoms with E-state index in [2.05, 4.69) is 9.97 Å². The van der Waals surface area contributed by atoms with Crippen molar-refractivity contribution in [2.75, 3.05) is 19.0 Å². The van der Waals surface area contributed by atoms with Crippen molar-refractivity contribution in [3.05, 3.63) is 54.6 Å². The van der Waals surface area contributed by atoms with Gasteiger partial charge in [-0.2, -0.15) is 0 Å². The highest BCUT2D eigenvalue weighted by atomic mass is 35.6. The topological polar surface area (TPSA) is 32.9 Å². The van der Waals surface area contributed by atoms with Crippen molar-refractivity contribution in [2.24, 2.45) is 0 Å². The molecule has 0 bridgehead atoms. The number of nitrogens with zero attached hydrogens (tertiary/aromatic N) is 4. The number of aromatic nitrogens is 3. The summed E-state index contributed by atoms with van der Waals surface area (Å²) in [5.74, 6) is 0.822. The van der Waals surface area contributed by atoms with Gasteiger partial charge in [0.15, 0.2) is 0 Å². The van der Waals surface area contributed by atoms with Gasteiger partial charge >= 0.3 is 5.82 Å². The Hall–Kier alpha value is -1.62. The number of para-hydroxylation sites is 1. The molecule has 23 heavy (non-hydrogen) atoms. The lowest BCUT2D eigenvalue weighted by Crippen LogP contribution is -2.32. The van der Waals surface area contributed by atoms with E-state index in [0.717, 1.165) is 16.6 Å². The van der Waals surface area contributed by atoms with Crippen molar-refractivity contribution in [3.63, 3.8) is 0 Å². The van der Waals surface area contributed by atoms with Gasteiger partial charge in [-0.05, 0) is 17.1 Å². The van der Waals surface area contributed by atoms with Crippen LogP contribution in [0.5, 0.6) is 0 Å². The van der Waals surface area contributed by atoms with Crippen LogP contribution in [0.4, 0.5) is 5.69 Å². The number of rotatable bonds is 2. The normalized spacial score (nSPS) is 11.7. The summed E-state index contributed by atoms with van der Waals surface area (Å²) in [4.78, 5) is 10.8. The number of fused-ring (bicyclic) bond motifs is 1. The molecule has 3 aromatic rings. The van der Waals surface area contributed by atoms with Crippen LogP contribution < -0.4 is 9.47 Å². The molecule has 0 amide bonds. The molecule has 0 saturated carbocycles. The van der Waals surface area contributed by atoms with Gasteiger partial charge in [0.25, 0.3) is 9.62 Å². The van der Waals surface area contributed by atoms with E-state index in [0.29, 0.717) is 5.82 Å². The third-order valence-electron chi connectivity index (χ3n) is 3.41. The zero-order chi connectivity index (χ0) is 16.6. The van der Waals surface area contributed by atoms with Gasteiger partial charge in [0, 0.05) is 31.9 Å². The van der Waals surface area contributed by atoms with E-state index in [-0.39, 0.29) is 5.82 Å². The van der Waals surface area contributed by atoms with E-state index in [9.17, 15) is 0 Å². The van der Waals surface area contributed by atoms with Crippen LogP contribution in [-0.4, -0.2) is 24.1 Å². The van der Waals surface area contributed by atoms with E-state index in [1.165, 1.54) is 0 Å². The molecule has 0 fully saturated rings. The molecule has 0 saturated heterocycles.